The summed E-state index contributed by atoms with van der Waals surface area (Å²) in [6.45, 7) is 3.65. The average molecular weight is 363 g/mol. The molecule has 6 nitrogen and oxygen atoms in total. The molecule has 136 valence electrons. The van der Waals surface area contributed by atoms with Crippen molar-refractivity contribution in [3.8, 4) is 0 Å². The van der Waals surface area contributed by atoms with Gasteiger partial charge in [0.2, 0.25) is 5.90 Å². The van der Waals surface area contributed by atoms with Crippen molar-refractivity contribution >= 4 is 17.4 Å². The molecule has 0 aliphatic rings. The molecule has 9 heteroatoms. The zero-order chi connectivity index (χ0) is 18.8. The van der Waals surface area contributed by atoms with Crippen molar-refractivity contribution < 1.29 is 17.9 Å². The second-order valence-corrected chi connectivity index (χ2v) is 5.56. The van der Waals surface area contributed by atoms with Crippen LogP contribution in [0.1, 0.15) is 31.0 Å². The van der Waals surface area contributed by atoms with Gasteiger partial charge in [0.15, 0.2) is 17.3 Å². The molecule has 0 spiro atoms. The van der Waals surface area contributed by atoms with Gasteiger partial charge < -0.3 is 10.1 Å². The number of ether oxygens (including phenoxy) is 1. The molecule has 26 heavy (non-hydrogen) atoms. The van der Waals surface area contributed by atoms with Crippen LogP contribution in [0.5, 0.6) is 0 Å². The van der Waals surface area contributed by atoms with Crippen molar-refractivity contribution in [2.24, 2.45) is 0 Å². The van der Waals surface area contributed by atoms with Crippen LogP contribution in [0.3, 0.4) is 0 Å². The molecule has 3 aromatic rings. The first-order valence-corrected chi connectivity index (χ1v) is 7.87. The van der Waals surface area contributed by atoms with Gasteiger partial charge in [-0.25, -0.2) is 22.7 Å². The molecule has 1 atom stereocenters. The summed E-state index contributed by atoms with van der Waals surface area (Å²) in [7, 11) is 0. The Morgan fingerprint density at radius 2 is 2.12 bits per heavy atom. The third-order valence-corrected chi connectivity index (χ3v) is 3.75. The molecule has 2 aromatic heterocycles. The second-order valence-electron chi connectivity index (χ2n) is 5.56. The van der Waals surface area contributed by atoms with Crippen LogP contribution in [0, 0.1) is 22.9 Å². The molecule has 0 aliphatic heterocycles. The van der Waals surface area contributed by atoms with Gasteiger partial charge in [-0.1, -0.05) is 0 Å². The van der Waals surface area contributed by atoms with Crippen molar-refractivity contribution in [1.82, 2.24) is 14.6 Å². The fraction of sp³-hybridized carbons (Fsp3) is 0.235. The maximum atomic E-state index is 13.9. The highest BCUT2D eigenvalue weighted by Gasteiger charge is 2.18. The lowest BCUT2D eigenvalue weighted by molar-refractivity contribution is 0.326. The van der Waals surface area contributed by atoms with Gasteiger partial charge in [0.1, 0.15) is 17.2 Å². The molecule has 1 aromatic carbocycles. The van der Waals surface area contributed by atoms with E-state index in [9.17, 15) is 13.2 Å². The smallest absolute Gasteiger partial charge is 0.218 e. The van der Waals surface area contributed by atoms with Gasteiger partial charge in [-0.15, -0.1) is 0 Å². The minimum Gasteiger partial charge on any atom is -0.478 e. The first kappa shape index (κ1) is 17.7. The van der Waals surface area contributed by atoms with Gasteiger partial charge in [-0.3, -0.25) is 5.41 Å². The number of nitrogens with zero attached hydrogens (tertiary/aromatic N) is 3. The summed E-state index contributed by atoms with van der Waals surface area (Å²) in [6, 6.07) is 2.27. The van der Waals surface area contributed by atoms with Crippen LogP contribution < -0.4 is 5.32 Å². The molecule has 3 rings (SSSR count). The van der Waals surface area contributed by atoms with E-state index in [-0.39, 0.29) is 11.5 Å². The average Bonchev–Trinajstić information content (AvgIpc) is 3.01. The molecule has 0 unspecified atom stereocenters. The molecule has 0 amide bonds. The monoisotopic (exact) mass is 363 g/mol. The Morgan fingerprint density at radius 1 is 1.35 bits per heavy atom. The molecule has 0 radical (unpaired) electrons. The second kappa shape index (κ2) is 7.03. The summed E-state index contributed by atoms with van der Waals surface area (Å²) in [5.74, 6) is -2.96. The van der Waals surface area contributed by atoms with Gasteiger partial charge in [0.25, 0.3) is 0 Å². The van der Waals surface area contributed by atoms with Crippen LogP contribution in [0.4, 0.5) is 19.0 Å². The largest absolute Gasteiger partial charge is 0.478 e. The van der Waals surface area contributed by atoms with Gasteiger partial charge in [0, 0.05) is 17.8 Å². The van der Waals surface area contributed by atoms with E-state index >= 15 is 0 Å². The van der Waals surface area contributed by atoms with Gasteiger partial charge >= 0.3 is 0 Å². The van der Waals surface area contributed by atoms with Gasteiger partial charge in [-0.05, 0) is 26.0 Å². The Hall–Kier alpha value is -3.10. The van der Waals surface area contributed by atoms with E-state index in [1.807, 2.05) is 0 Å². The highest BCUT2D eigenvalue weighted by Crippen LogP contribution is 2.24. The Labute approximate surface area is 147 Å². The number of rotatable bonds is 5. The van der Waals surface area contributed by atoms with Crippen LogP contribution in [0.15, 0.2) is 30.6 Å². The molecule has 0 bridgehead atoms. The summed E-state index contributed by atoms with van der Waals surface area (Å²) < 4.78 is 47.4. The third-order valence-electron chi connectivity index (χ3n) is 3.75. The topological polar surface area (TPSA) is 75.3 Å². The van der Waals surface area contributed by atoms with E-state index in [0.717, 1.165) is 6.07 Å². The van der Waals surface area contributed by atoms with Crippen molar-refractivity contribution in [2.45, 2.75) is 19.9 Å². The van der Waals surface area contributed by atoms with E-state index in [1.165, 1.54) is 10.7 Å². The number of fused-ring (bicyclic) bond motifs is 1. The number of hydrogen-bond donors (Lipinski definition) is 2. The van der Waals surface area contributed by atoms with Crippen molar-refractivity contribution in [1.29, 1.82) is 5.41 Å². The van der Waals surface area contributed by atoms with Crippen LogP contribution in [-0.2, 0) is 4.74 Å². The lowest BCUT2D eigenvalue weighted by Gasteiger charge is -2.16. The number of anilines is 1. The van der Waals surface area contributed by atoms with E-state index < -0.39 is 23.5 Å². The Bertz CT molecular complexity index is 972. The summed E-state index contributed by atoms with van der Waals surface area (Å²) in [4.78, 5) is 4.34. The molecular formula is C17H16F3N5O. The van der Waals surface area contributed by atoms with Crippen molar-refractivity contribution in [3.05, 3.63) is 59.2 Å². The molecule has 0 saturated heterocycles. The quantitative estimate of drug-likeness (QED) is 0.412. The normalized spacial score (nSPS) is 12.2. The maximum Gasteiger partial charge on any atom is 0.218 e. The summed E-state index contributed by atoms with van der Waals surface area (Å²) in [5.41, 5.74) is 0.609. The molecule has 2 heterocycles. The first-order valence-electron chi connectivity index (χ1n) is 7.87. The first-order chi connectivity index (χ1) is 12.4. The fourth-order valence-electron chi connectivity index (χ4n) is 2.52. The zero-order valence-corrected chi connectivity index (χ0v) is 14.1. The Kier molecular flexibility index (Phi) is 4.79. The van der Waals surface area contributed by atoms with E-state index in [4.69, 9.17) is 10.1 Å². The summed E-state index contributed by atoms with van der Waals surface area (Å²) in [5, 5.41) is 14.9. The minimum absolute atomic E-state index is 0.0709. The molecule has 0 saturated carbocycles. The van der Waals surface area contributed by atoms with E-state index in [2.05, 4.69) is 15.4 Å². The van der Waals surface area contributed by atoms with Crippen LogP contribution >= 0.6 is 0 Å². The third kappa shape index (κ3) is 3.32. The predicted octanol–water partition coefficient (Wildman–Crippen LogP) is 3.68. The van der Waals surface area contributed by atoms with E-state index in [0.29, 0.717) is 29.7 Å². The van der Waals surface area contributed by atoms with Crippen LogP contribution in [0.25, 0.3) is 5.65 Å². The molecule has 2 N–H and O–H groups in total. The van der Waals surface area contributed by atoms with Crippen molar-refractivity contribution in [3.63, 3.8) is 0 Å². The highest BCUT2D eigenvalue weighted by molar-refractivity contribution is 5.97. The SMILES string of the molecule is CCOC(=N)c1cnn2ccc(N[C@H](C)c3cc(F)cc(F)c3F)nc12. The van der Waals surface area contributed by atoms with E-state index in [1.54, 1.807) is 26.1 Å². The number of hydrogen-bond acceptors (Lipinski definition) is 5. The lowest BCUT2D eigenvalue weighted by atomic mass is 10.1. The zero-order valence-electron chi connectivity index (χ0n) is 14.1. The summed E-state index contributed by atoms with van der Waals surface area (Å²) >= 11 is 0. The Morgan fingerprint density at radius 3 is 2.85 bits per heavy atom. The number of halogens is 3. The number of nitrogens with one attached hydrogen (secondary N) is 2. The number of aromatic nitrogens is 3. The number of benzene rings is 1. The molecular weight excluding hydrogens is 347 g/mol. The molecule has 0 fully saturated rings. The lowest BCUT2D eigenvalue weighted by Crippen LogP contribution is -2.12. The fourth-order valence-corrected chi connectivity index (χ4v) is 2.52. The van der Waals surface area contributed by atoms with Crippen LogP contribution in [0.2, 0.25) is 0 Å². The van der Waals surface area contributed by atoms with Crippen LogP contribution in [-0.4, -0.2) is 27.1 Å². The summed E-state index contributed by atoms with van der Waals surface area (Å²) in [6.07, 6.45) is 3.05. The minimum atomic E-state index is -1.25. The van der Waals surface area contributed by atoms with Crippen molar-refractivity contribution in [2.75, 3.05) is 11.9 Å². The highest BCUT2D eigenvalue weighted by atomic mass is 19.2. The Balaban J connectivity index is 1.91. The maximum absolute atomic E-state index is 13.9. The molecule has 0 aliphatic carbocycles. The van der Waals surface area contributed by atoms with Gasteiger partial charge in [0.05, 0.1) is 18.8 Å². The van der Waals surface area contributed by atoms with Gasteiger partial charge in [-0.2, -0.15) is 5.10 Å². The predicted molar refractivity (Wildman–Crippen MR) is 89.8 cm³/mol. The standard InChI is InChI=1S/C17H16F3N5O/c1-3-26-16(21)12-8-22-25-5-4-14(24-17(12)25)23-9(2)11-6-10(18)7-13(19)15(11)20/h4-9,21H,3H2,1-2H3,(H,23,24)/t9-/m1/s1.